The van der Waals surface area contributed by atoms with Gasteiger partial charge in [-0.25, -0.2) is 8.42 Å². The zero-order chi connectivity index (χ0) is 15.2. The molecular weight excluding hydrogens is 340 g/mol. The highest BCUT2D eigenvalue weighted by atomic mass is 79.9. The third kappa shape index (κ3) is 5.81. The Kier molecular flexibility index (Phi) is 6.99. The molecule has 0 aromatic heterocycles. The second-order valence-corrected chi connectivity index (χ2v) is 7.58. The van der Waals surface area contributed by atoms with Gasteiger partial charge in [-0.3, -0.25) is 4.72 Å². The lowest BCUT2D eigenvalue weighted by atomic mass is 10.1. The molecule has 6 heteroatoms. The smallest absolute Gasteiger partial charge is 0.232 e. The van der Waals surface area contributed by atoms with Crippen molar-refractivity contribution in [1.29, 1.82) is 0 Å². The first-order valence-corrected chi connectivity index (χ1v) is 9.28. The van der Waals surface area contributed by atoms with Gasteiger partial charge in [-0.1, -0.05) is 22.9 Å². The van der Waals surface area contributed by atoms with E-state index in [0.29, 0.717) is 12.1 Å². The molecule has 114 valence electrons. The number of anilines is 1. The summed E-state index contributed by atoms with van der Waals surface area (Å²) in [5, 5.41) is 3.20. The van der Waals surface area contributed by atoms with Crippen molar-refractivity contribution in [2.24, 2.45) is 0 Å². The minimum Gasteiger partial charge on any atom is -0.317 e. The largest absolute Gasteiger partial charge is 0.317 e. The van der Waals surface area contributed by atoms with Crippen LogP contribution < -0.4 is 10.0 Å². The average molecular weight is 363 g/mol. The third-order valence-electron chi connectivity index (χ3n) is 2.90. The first-order valence-electron chi connectivity index (χ1n) is 6.83. The average Bonchev–Trinajstić information content (AvgIpc) is 2.35. The first-order chi connectivity index (χ1) is 9.35. The first kappa shape index (κ1) is 17.5. The fraction of sp³-hybridized carbons (Fsp3) is 0.571. The summed E-state index contributed by atoms with van der Waals surface area (Å²) in [5.41, 5.74) is 2.67. The zero-order valence-electron chi connectivity index (χ0n) is 12.3. The van der Waals surface area contributed by atoms with Gasteiger partial charge in [-0.2, -0.15) is 0 Å². The molecule has 0 unspecified atom stereocenters. The molecule has 1 aromatic carbocycles. The van der Waals surface area contributed by atoms with Crippen molar-refractivity contribution >= 4 is 31.6 Å². The van der Waals surface area contributed by atoms with Gasteiger partial charge < -0.3 is 5.32 Å². The van der Waals surface area contributed by atoms with Gasteiger partial charge in [0.05, 0.1) is 5.75 Å². The van der Waals surface area contributed by atoms with E-state index in [1.165, 1.54) is 0 Å². The number of sulfonamides is 1. The highest BCUT2D eigenvalue weighted by molar-refractivity contribution is 9.10. The standard InChI is InChI=1S/C14H23BrN2O2S/c1-4-6-16-7-5-8-20(18,19)17-13-9-11(2)14(15)12(3)10-13/h9-10,16-17H,4-8H2,1-3H3. The number of benzene rings is 1. The Labute approximate surface area is 130 Å². The van der Waals surface area contributed by atoms with Crippen LogP contribution in [0.4, 0.5) is 5.69 Å². The van der Waals surface area contributed by atoms with E-state index in [-0.39, 0.29) is 5.75 Å². The maximum absolute atomic E-state index is 12.0. The van der Waals surface area contributed by atoms with Crippen LogP contribution in [0.25, 0.3) is 0 Å². The van der Waals surface area contributed by atoms with E-state index >= 15 is 0 Å². The maximum Gasteiger partial charge on any atom is 0.232 e. The highest BCUT2D eigenvalue weighted by Crippen LogP contribution is 2.25. The third-order valence-corrected chi connectivity index (χ3v) is 5.53. The summed E-state index contributed by atoms with van der Waals surface area (Å²) in [6.45, 7) is 7.64. The molecule has 2 N–H and O–H groups in total. The minimum absolute atomic E-state index is 0.137. The summed E-state index contributed by atoms with van der Waals surface area (Å²) in [6, 6.07) is 3.67. The Morgan fingerprint density at radius 2 is 1.75 bits per heavy atom. The normalized spacial score (nSPS) is 11.6. The van der Waals surface area contributed by atoms with Crippen molar-refractivity contribution < 1.29 is 8.42 Å². The van der Waals surface area contributed by atoms with Gasteiger partial charge in [0, 0.05) is 10.2 Å². The molecular formula is C14H23BrN2O2S. The van der Waals surface area contributed by atoms with E-state index in [4.69, 9.17) is 0 Å². The number of nitrogens with one attached hydrogen (secondary N) is 2. The number of hydrogen-bond acceptors (Lipinski definition) is 3. The van der Waals surface area contributed by atoms with Crippen LogP contribution >= 0.6 is 15.9 Å². The van der Waals surface area contributed by atoms with E-state index in [9.17, 15) is 8.42 Å². The van der Waals surface area contributed by atoms with Crippen LogP contribution in [0.1, 0.15) is 30.9 Å². The predicted octanol–water partition coefficient (Wildman–Crippen LogP) is 3.20. The van der Waals surface area contributed by atoms with Crippen LogP contribution in [-0.4, -0.2) is 27.3 Å². The van der Waals surface area contributed by atoms with Crippen LogP contribution in [0, 0.1) is 13.8 Å². The molecule has 1 rings (SSSR count). The molecule has 4 nitrogen and oxygen atoms in total. The van der Waals surface area contributed by atoms with Crippen LogP contribution in [0.3, 0.4) is 0 Å². The van der Waals surface area contributed by atoms with Crippen molar-refractivity contribution in [3.63, 3.8) is 0 Å². The van der Waals surface area contributed by atoms with E-state index in [1.807, 2.05) is 26.0 Å². The van der Waals surface area contributed by atoms with Crippen molar-refractivity contribution in [2.75, 3.05) is 23.6 Å². The lowest BCUT2D eigenvalue weighted by Gasteiger charge is -2.11. The quantitative estimate of drug-likeness (QED) is 0.698. The molecule has 0 heterocycles. The van der Waals surface area contributed by atoms with Gasteiger partial charge in [0.25, 0.3) is 0 Å². The Bertz CT molecular complexity index is 521. The summed E-state index contributed by atoms with van der Waals surface area (Å²) in [6.07, 6.45) is 1.67. The molecule has 0 radical (unpaired) electrons. The van der Waals surface area contributed by atoms with Gasteiger partial charge in [0.1, 0.15) is 0 Å². The SMILES string of the molecule is CCCNCCCS(=O)(=O)Nc1cc(C)c(Br)c(C)c1. The van der Waals surface area contributed by atoms with Crippen molar-refractivity contribution in [1.82, 2.24) is 5.32 Å². The Balaban J connectivity index is 2.58. The lowest BCUT2D eigenvalue weighted by Crippen LogP contribution is -2.22. The number of hydrogen-bond donors (Lipinski definition) is 2. The molecule has 0 saturated carbocycles. The van der Waals surface area contributed by atoms with Crippen LogP contribution in [0.5, 0.6) is 0 Å². The monoisotopic (exact) mass is 362 g/mol. The number of rotatable bonds is 8. The van der Waals surface area contributed by atoms with E-state index in [2.05, 4.69) is 32.9 Å². The molecule has 0 spiro atoms. The van der Waals surface area contributed by atoms with Crippen molar-refractivity contribution in [3.8, 4) is 0 Å². The van der Waals surface area contributed by atoms with Gasteiger partial charge in [-0.15, -0.1) is 0 Å². The van der Waals surface area contributed by atoms with Crippen molar-refractivity contribution in [3.05, 3.63) is 27.7 Å². The molecule has 20 heavy (non-hydrogen) atoms. The molecule has 0 aliphatic heterocycles. The summed E-state index contributed by atoms with van der Waals surface area (Å²) in [4.78, 5) is 0. The molecule has 0 saturated heterocycles. The number of halogens is 1. The lowest BCUT2D eigenvalue weighted by molar-refractivity contribution is 0.593. The van der Waals surface area contributed by atoms with E-state index in [1.54, 1.807) is 0 Å². The molecule has 0 aliphatic carbocycles. The van der Waals surface area contributed by atoms with E-state index in [0.717, 1.165) is 35.1 Å². The highest BCUT2D eigenvalue weighted by Gasteiger charge is 2.11. The Morgan fingerprint density at radius 3 is 2.30 bits per heavy atom. The number of aryl methyl sites for hydroxylation is 2. The van der Waals surface area contributed by atoms with Gasteiger partial charge in [0.2, 0.25) is 10.0 Å². The molecule has 0 fully saturated rings. The predicted molar refractivity (Wildman–Crippen MR) is 88.8 cm³/mol. The Morgan fingerprint density at radius 1 is 1.15 bits per heavy atom. The maximum atomic E-state index is 12.0. The van der Waals surface area contributed by atoms with Gasteiger partial charge in [0.15, 0.2) is 0 Å². The van der Waals surface area contributed by atoms with Crippen LogP contribution in [0.15, 0.2) is 16.6 Å². The molecule has 0 amide bonds. The summed E-state index contributed by atoms with van der Waals surface area (Å²) in [5.74, 6) is 0.137. The topological polar surface area (TPSA) is 58.2 Å². The summed E-state index contributed by atoms with van der Waals surface area (Å²) in [7, 11) is -3.27. The molecule has 0 aliphatic rings. The Hall–Kier alpha value is -0.590. The second-order valence-electron chi connectivity index (χ2n) is 4.95. The summed E-state index contributed by atoms with van der Waals surface area (Å²) < 4.78 is 27.6. The summed E-state index contributed by atoms with van der Waals surface area (Å²) >= 11 is 3.47. The fourth-order valence-electron chi connectivity index (χ4n) is 1.92. The molecule has 1 aromatic rings. The molecule has 0 atom stereocenters. The van der Waals surface area contributed by atoms with Gasteiger partial charge >= 0.3 is 0 Å². The second kappa shape index (κ2) is 8.00. The minimum atomic E-state index is -3.27. The zero-order valence-corrected chi connectivity index (χ0v) is 14.7. The van der Waals surface area contributed by atoms with Crippen LogP contribution in [0.2, 0.25) is 0 Å². The molecule has 0 bridgehead atoms. The van der Waals surface area contributed by atoms with Crippen molar-refractivity contribution in [2.45, 2.75) is 33.6 Å². The van der Waals surface area contributed by atoms with Gasteiger partial charge in [-0.05, 0) is 63.0 Å². The van der Waals surface area contributed by atoms with E-state index < -0.39 is 10.0 Å². The fourth-order valence-corrected chi connectivity index (χ4v) is 3.26. The van der Waals surface area contributed by atoms with Crippen LogP contribution in [-0.2, 0) is 10.0 Å².